The van der Waals surface area contributed by atoms with Crippen LogP contribution in [0.5, 0.6) is 5.75 Å². The third kappa shape index (κ3) is 5.44. The molecule has 2 heterocycles. The van der Waals surface area contributed by atoms with Crippen molar-refractivity contribution >= 4 is 15.7 Å². The number of aromatic nitrogens is 2. The standard InChI is InChI=1S/C22H24F5N3O4S/c1-13(22(25,26)27)34-19-4-3-16(35(2,32)33)9-17(19)20(31)29-10-14-11-30(28-18(14)12-29)15-5-7-21(23,24)8-6-15/h3-4,9,11,13,15H,5-8,10,12H2,1-2H3/t13-/m0/s1. The Kier molecular flexibility index (Phi) is 6.35. The van der Waals surface area contributed by atoms with Gasteiger partial charge in [-0.3, -0.25) is 9.48 Å². The van der Waals surface area contributed by atoms with Gasteiger partial charge in [0.1, 0.15) is 5.75 Å². The van der Waals surface area contributed by atoms with Crippen molar-refractivity contribution in [3.8, 4) is 5.75 Å². The van der Waals surface area contributed by atoms with Gasteiger partial charge in [0.2, 0.25) is 5.92 Å². The molecule has 192 valence electrons. The number of fused-ring (bicyclic) bond motifs is 1. The van der Waals surface area contributed by atoms with Gasteiger partial charge in [0.25, 0.3) is 5.91 Å². The summed E-state index contributed by atoms with van der Waals surface area (Å²) in [5, 5.41) is 4.45. The van der Waals surface area contributed by atoms with Crippen molar-refractivity contribution in [2.75, 3.05) is 6.26 Å². The van der Waals surface area contributed by atoms with E-state index < -0.39 is 33.9 Å². The SMILES string of the molecule is C[C@H](Oc1ccc(S(C)(=O)=O)cc1C(=O)N1Cc2cn(C3CCC(F)(F)CC3)nc2C1)C(F)(F)F. The van der Waals surface area contributed by atoms with E-state index in [9.17, 15) is 35.2 Å². The summed E-state index contributed by atoms with van der Waals surface area (Å²) in [5.41, 5.74) is 0.943. The minimum atomic E-state index is -4.69. The van der Waals surface area contributed by atoms with E-state index in [-0.39, 0.29) is 61.0 Å². The van der Waals surface area contributed by atoms with E-state index in [4.69, 9.17) is 4.74 Å². The normalized spacial score (nSPS) is 19.5. The van der Waals surface area contributed by atoms with Gasteiger partial charge in [-0.2, -0.15) is 18.3 Å². The van der Waals surface area contributed by atoms with Crippen LogP contribution in [0, 0.1) is 0 Å². The highest BCUT2D eigenvalue weighted by Crippen LogP contribution is 2.39. The summed E-state index contributed by atoms with van der Waals surface area (Å²) in [6, 6.07) is 2.97. The lowest BCUT2D eigenvalue weighted by atomic mass is 9.92. The number of benzene rings is 1. The molecule has 1 amide bonds. The second kappa shape index (κ2) is 8.75. The van der Waals surface area contributed by atoms with Crippen LogP contribution in [-0.2, 0) is 22.9 Å². The molecule has 0 radical (unpaired) electrons. The van der Waals surface area contributed by atoms with Crippen LogP contribution >= 0.6 is 0 Å². The van der Waals surface area contributed by atoms with Gasteiger partial charge in [0.05, 0.1) is 28.7 Å². The van der Waals surface area contributed by atoms with Crippen LogP contribution < -0.4 is 4.74 Å². The molecule has 35 heavy (non-hydrogen) atoms. The Morgan fingerprint density at radius 1 is 1.20 bits per heavy atom. The van der Waals surface area contributed by atoms with Crippen molar-refractivity contribution in [3.05, 3.63) is 41.2 Å². The number of sulfone groups is 1. The molecule has 1 fully saturated rings. The Balaban J connectivity index is 1.55. The first-order chi connectivity index (χ1) is 16.1. The Hall–Kier alpha value is -2.70. The van der Waals surface area contributed by atoms with Crippen molar-refractivity contribution in [1.29, 1.82) is 0 Å². The van der Waals surface area contributed by atoms with E-state index in [0.29, 0.717) is 11.3 Å². The number of nitrogens with zero attached hydrogens (tertiary/aromatic N) is 3. The zero-order valence-electron chi connectivity index (χ0n) is 19.0. The zero-order valence-corrected chi connectivity index (χ0v) is 19.8. The Bertz CT molecular complexity index is 1210. The summed E-state index contributed by atoms with van der Waals surface area (Å²) in [6.07, 6.45) is -4.16. The molecule has 2 aliphatic rings. The summed E-state index contributed by atoms with van der Waals surface area (Å²) >= 11 is 0. The van der Waals surface area contributed by atoms with Gasteiger partial charge in [-0.15, -0.1) is 0 Å². The molecule has 1 atom stereocenters. The molecular weight excluding hydrogens is 497 g/mol. The Morgan fingerprint density at radius 2 is 1.86 bits per heavy atom. The minimum absolute atomic E-state index is 0.0431. The lowest BCUT2D eigenvalue weighted by Crippen LogP contribution is -2.33. The van der Waals surface area contributed by atoms with Gasteiger partial charge in [0.15, 0.2) is 15.9 Å². The number of carbonyl (C=O) groups excluding carboxylic acids is 1. The smallest absolute Gasteiger partial charge is 0.425 e. The molecule has 0 spiro atoms. The second-order valence-corrected chi connectivity index (χ2v) is 11.1. The Morgan fingerprint density at radius 3 is 2.43 bits per heavy atom. The van der Waals surface area contributed by atoms with Crippen molar-refractivity contribution in [2.45, 2.75) is 74.8 Å². The van der Waals surface area contributed by atoms with Gasteiger partial charge in [-0.05, 0) is 38.0 Å². The molecule has 1 aromatic heterocycles. The van der Waals surface area contributed by atoms with Crippen LogP contribution in [0.15, 0.2) is 29.3 Å². The minimum Gasteiger partial charge on any atom is -0.480 e. The molecule has 1 aromatic carbocycles. The molecule has 1 aliphatic heterocycles. The number of alkyl halides is 5. The van der Waals surface area contributed by atoms with Crippen molar-refractivity contribution < 1.29 is 39.9 Å². The molecule has 0 bridgehead atoms. The summed E-state index contributed by atoms with van der Waals surface area (Å²) < 4.78 is 96.6. The first-order valence-electron chi connectivity index (χ1n) is 11.0. The van der Waals surface area contributed by atoms with Crippen LogP contribution in [0.25, 0.3) is 0 Å². The lowest BCUT2D eigenvalue weighted by Gasteiger charge is -2.28. The van der Waals surface area contributed by atoms with Crippen molar-refractivity contribution in [2.24, 2.45) is 0 Å². The van der Waals surface area contributed by atoms with E-state index in [0.717, 1.165) is 31.4 Å². The number of carbonyl (C=O) groups is 1. The van der Waals surface area contributed by atoms with E-state index in [1.165, 1.54) is 4.90 Å². The maximum absolute atomic E-state index is 13.5. The summed E-state index contributed by atoms with van der Waals surface area (Å²) in [6.45, 7) is 0.921. The number of rotatable bonds is 5. The van der Waals surface area contributed by atoms with Crippen molar-refractivity contribution in [1.82, 2.24) is 14.7 Å². The van der Waals surface area contributed by atoms with E-state index in [1.54, 1.807) is 10.9 Å². The molecule has 0 unspecified atom stereocenters. The fourth-order valence-corrected chi connectivity index (χ4v) is 4.88. The number of ether oxygens (including phenoxy) is 1. The molecule has 7 nitrogen and oxygen atoms in total. The lowest BCUT2D eigenvalue weighted by molar-refractivity contribution is -0.189. The summed E-state index contributed by atoms with van der Waals surface area (Å²) in [5.74, 6) is -3.76. The quantitative estimate of drug-likeness (QED) is 0.541. The molecule has 4 rings (SSSR count). The predicted molar refractivity (Wildman–Crippen MR) is 114 cm³/mol. The fraction of sp³-hybridized carbons (Fsp3) is 0.545. The fourth-order valence-electron chi connectivity index (χ4n) is 4.23. The maximum atomic E-state index is 13.5. The number of hydrogen-bond donors (Lipinski definition) is 0. The topological polar surface area (TPSA) is 81.5 Å². The first-order valence-corrected chi connectivity index (χ1v) is 12.8. The third-order valence-electron chi connectivity index (χ3n) is 6.32. The van der Waals surface area contributed by atoms with Crippen LogP contribution in [-0.4, -0.2) is 53.5 Å². The zero-order chi connectivity index (χ0) is 25.8. The number of amides is 1. The Labute approximate surface area is 198 Å². The molecule has 1 saturated carbocycles. The monoisotopic (exact) mass is 521 g/mol. The van der Waals surface area contributed by atoms with E-state index in [1.807, 2.05) is 0 Å². The highest BCUT2D eigenvalue weighted by molar-refractivity contribution is 7.90. The van der Waals surface area contributed by atoms with Crippen LogP contribution in [0.4, 0.5) is 22.0 Å². The summed E-state index contributed by atoms with van der Waals surface area (Å²) in [4.78, 5) is 14.3. The van der Waals surface area contributed by atoms with Crippen LogP contribution in [0.2, 0.25) is 0 Å². The van der Waals surface area contributed by atoms with Gasteiger partial charge < -0.3 is 9.64 Å². The van der Waals surface area contributed by atoms with Gasteiger partial charge >= 0.3 is 6.18 Å². The molecule has 0 N–H and O–H groups in total. The number of halogens is 5. The average Bonchev–Trinajstić information content (AvgIpc) is 3.31. The van der Waals surface area contributed by atoms with Crippen molar-refractivity contribution in [3.63, 3.8) is 0 Å². The molecule has 1 aliphatic carbocycles. The highest BCUT2D eigenvalue weighted by atomic mass is 32.2. The van der Waals surface area contributed by atoms with Gasteiger partial charge in [0, 0.05) is 37.4 Å². The van der Waals surface area contributed by atoms with E-state index in [2.05, 4.69) is 5.10 Å². The molecule has 13 heteroatoms. The van der Waals surface area contributed by atoms with Gasteiger partial charge in [-0.25, -0.2) is 17.2 Å². The van der Waals surface area contributed by atoms with Gasteiger partial charge in [-0.1, -0.05) is 0 Å². The predicted octanol–water partition coefficient (Wildman–Crippen LogP) is 4.52. The third-order valence-corrected chi connectivity index (χ3v) is 7.43. The maximum Gasteiger partial charge on any atom is 0.425 e. The van der Waals surface area contributed by atoms with E-state index >= 15 is 0 Å². The second-order valence-electron chi connectivity index (χ2n) is 9.06. The van der Waals surface area contributed by atoms with Crippen LogP contribution in [0.1, 0.15) is 60.3 Å². The largest absolute Gasteiger partial charge is 0.480 e. The number of hydrogen-bond acceptors (Lipinski definition) is 5. The van der Waals surface area contributed by atoms with Crippen LogP contribution in [0.3, 0.4) is 0 Å². The average molecular weight is 522 g/mol. The molecule has 2 aromatic rings. The highest BCUT2D eigenvalue weighted by Gasteiger charge is 2.40. The summed E-state index contributed by atoms with van der Waals surface area (Å²) in [7, 11) is -3.74. The molecule has 0 saturated heterocycles. The first kappa shape index (κ1) is 25.4. The molecular formula is C22H24F5N3O4S.